The number of nitrogens with one attached hydrogen (secondary N) is 1. The van der Waals surface area contributed by atoms with Crippen molar-refractivity contribution in [2.75, 3.05) is 23.3 Å². The Kier molecular flexibility index (Phi) is 5.18. The topological polar surface area (TPSA) is 71.0 Å². The van der Waals surface area contributed by atoms with Crippen LogP contribution in [-0.4, -0.2) is 33.9 Å². The molecule has 0 bridgehead atoms. The summed E-state index contributed by atoms with van der Waals surface area (Å²) >= 11 is 3.03. The highest BCUT2D eigenvalue weighted by Gasteiger charge is 2.20. The zero-order chi connectivity index (χ0) is 18.8. The van der Waals surface area contributed by atoms with Crippen molar-refractivity contribution >= 4 is 40.2 Å². The van der Waals surface area contributed by atoms with E-state index in [1.807, 2.05) is 30.5 Å². The lowest BCUT2D eigenvalue weighted by Crippen LogP contribution is -2.33. The Labute approximate surface area is 166 Å². The van der Waals surface area contributed by atoms with Crippen LogP contribution in [0.5, 0.6) is 0 Å². The number of carbonyl (C=O) groups is 1. The normalized spacial score (nSPS) is 15.1. The van der Waals surface area contributed by atoms with Crippen molar-refractivity contribution in [1.82, 2.24) is 15.0 Å². The fourth-order valence-corrected chi connectivity index (χ4v) is 4.87. The molecule has 140 valence electrons. The van der Waals surface area contributed by atoms with Crippen LogP contribution in [0, 0.1) is 12.8 Å². The first-order chi connectivity index (χ1) is 13.1. The molecule has 1 amide bonds. The Balaban J connectivity index is 1.49. The van der Waals surface area contributed by atoms with Crippen LogP contribution in [0.15, 0.2) is 29.9 Å². The number of amides is 1. The van der Waals surface area contributed by atoms with Gasteiger partial charge in [0.1, 0.15) is 27.8 Å². The van der Waals surface area contributed by atoms with Crippen molar-refractivity contribution in [3.8, 4) is 9.88 Å². The van der Waals surface area contributed by atoms with Crippen LogP contribution in [-0.2, 0) is 0 Å². The number of hydrogen-bond donors (Lipinski definition) is 1. The van der Waals surface area contributed by atoms with Crippen LogP contribution >= 0.6 is 22.7 Å². The summed E-state index contributed by atoms with van der Waals surface area (Å²) in [6.45, 7) is 6.13. The summed E-state index contributed by atoms with van der Waals surface area (Å²) < 4.78 is 0. The van der Waals surface area contributed by atoms with E-state index in [0.717, 1.165) is 53.2 Å². The van der Waals surface area contributed by atoms with E-state index in [9.17, 15) is 4.79 Å². The molecule has 27 heavy (non-hydrogen) atoms. The third-order valence-electron chi connectivity index (χ3n) is 4.74. The van der Waals surface area contributed by atoms with Crippen LogP contribution < -0.4 is 10.2 Å². The van der Waals surface area contributed by atoms with Gasteiger partial charge in [0, 0.05) is 19.2 Å². The molecule has 1 aliphatic rings. The second-order valence-corrected chi connectivity index (χ2v) is 8.74. The average Bonchev–Trinajstić information content (AvgIpc) is 3.32. The maximum absolute atomic E-state index is 12.7. The van der Waals surface area contributed by atoms with E-state index in [2.05, 4.69) is 32.1 Å². The quantitative estimate of drug-likeness (QED) is 0.701. The zero-order valence-corrected chi connectivity index (χ0v) is 16.9. The van der Waals surface area contributed by atoms with Gasteiger partial charge >= 0.3 is 0 Å². The number of anilines is 2. The minimum Gasteiger partial charge on any atom is -0.356 e. The van der Waals surface area contributed by atoms with Crippen LogP contribution in [0.3, 0.4) is 0 Å². The molecular formula is C19H21N5OS2. The fraction of sp³-hybridized carbons (Fsp3) is 0.368. The van der Waals surface area contributed by atoms with Gasteiger partial charge in [-0.3, -0.25) is 4.79 Å². The Morgan fingerprint density at radius 1 is 1.30 bits per heavy atom. The van der Waals surface area contributed by atoms with Gasteiger partial charge < -0.3 is 10.2 Å². The molecule has 1 fully saturated rings. The Bertz CT molecular complexity index is 929. The third kappa shape index (κ3) is 4.01. The summed E-state index contributed by atoms with van der Waals surface area (Å²) in [5, 5.41) is 5.79. The van der Waals surface area contributed by atoms with Crippen LogP contribution in [0.1, 0.15) is 35.1 Å². The van der Waals surface area contributed by atoms with Gasteiger partial charge in [-0.15, -0.1) is 22.7 Å². The maximum Gasteiger partial charge on any atom is 0.268 e. The summed E-state index contributed by atoms with van der Waals surface area (Å²) in [5.41, 5.74) is 0.736. The summed E-state index contributed by atoms with van der Waals surface area (Å²) in [5.74, 6) is 1.97. The molecule has 0 aromatic carbocycles. The molecule has 4 rings (SSSR count). The van der Waals surface area contributed by atoms with Crippen LogP contribution in [0.2, 0.25) is 0 Å². The van der Waals surface area contributed by atoms with Crippen molar-refractivity contribution in [2.45, 2.75) is 26.7 Å². The molecule has 8 heteroatoms. The highest BCUT2D eigenvalue weighted by Crippen LogP contribution is 2.31. The number of carbonyl (C=O) groups excluding carboxylic acids is 1. The first-order valence-electron chi connectivity index (χ1n) is 9.00. The number of piperidine rings is 1. The Morgan fingerprint density at radius 3 is 2.85 bits per heavy atom. The summed E-state index contributed by atoms with van der Waals surface area (Å²) in [6.07, 6.45) is 3.84. The monoisotopic (exact) mass is 399 g/mol. The van der Waals surface area contributed by atoms with E-state index < -0.39 is 0 Å². The number of thiazole rings is 1. The lowest BCUT2D eigenvalue weighted by Gasteiger charge is -2.31. The van der Waals surface area contributed by atoms with Gasteiger partial charge in [0.05, 0.1) is 10.6 Å². The number of thiophene rings is 1. The molecule has 6 nitrogen and oxygen atoms in total. The number of aryl methyl sites for hydroxylation is 1. The van der Waals surface area contributed by atoms with E-state index in [1.165, 1.54) is 17.7 Å². The predicted molar refractivity (Wildman–Crippen MR) is 111 cm³/mol. The molecule has 4 heterocycles. The Morgan fingerprint density at radius 2 is 2.11 bits per heavy atom. The van der Waals surface area contributed by atoms with Crippen molar-refractivity contribution in [3.05, 3.63) is 40.5 Å². The predicted octanol–water partition coefficient (Wildman–Crippen LogP) is 4.46. The zero-order valence-electron chi connectivity index (χ0n) is 15.3. The van der Waals surface area contributed by atoms with E-state index in [-0.39, 0.29) is 5.91 Å². The van der Waals surface area contributed by atoms with Crippen molar-refractivity contribution in [1.29, 1.82) is 0 Å². The van der Waals surface area contributed by atoms with Gasteiger partial charge in [0.2, 0.25) is 0 Å². The smallest absolute Gasteiger partial charge is 0.268 e. The molecule has 0 unspecified atom stereocenters. The molecule has 1 aliphatic heterocycles. The van der Waals surface area contributed by atoms with Crippen LogP contribution in [0.25, 0.3) is 9.88 Å². The van der Waals surface area contributed by atoms with E-state index in [1.54, 1.807) is 11.3 Å². The Hall–Kier alpha value is -2.32. The summed E-state index contributed by atoms with van der Waals surface area (Å²) in [7, 11) is 0. The molecule has 0 aliphatic carbocycles. The number of rotatable bonds is 4. The lowest BCUT2D eigenvalue weighted by atomic mass is 9.99. The molecule has 0 saturated carbocycles. The highest BCUT2D eigenvalue weighted by molar-refractivity contribution is 7.22. The number of aromatic nitrogens is 3. The van der Waals surface area contributed by atoms with Gasteiger partial charge in [0.15, 0.2) is 0 Å². The first kappa shape index (κ1) is 18.1. The van der Waals surface area contributed by atoms with Crippen molar-refractivity contribution in [3.63, 3.8) is 0 Å². The second kappa shape index (κ2) is 7.74. The van der Waals surface area contributed by atoms with Gasteiger partial charge in [-0.05, 0) is 37.1 Å². The molecular weight excluding hydrogens is 378 g/mol. The summed E-state index contributed by atoms with van der Waals surface area (Å²) in [4.78, 5) is 29.8. The van der Waals surface area contributed by atoms with Gasteiger partial charge in [-0.25, -0.2) is 15.0 Å². The molecule has 0 atom stereocenters. The van der Waals surface area contributed by atoms with E-state index in [4.69, 9.17) is 0 Å². The SMILES string of the molecule is Cc1nc(-c2cccs2)sc1C(=O)Nc1cc(N2CCC(C)CC2)ncn1. The summed E-state index contributed by atoms with van der Waals surface area (Å²) in [6, 6.07) is 5.85. The fourth-order valence-electron chi connectivity index (χ4n) is 3.11. The molecule has 0 spiro atoms. The molecule has 1 N–H and O–H groups in total. The van der Waals surface area contributed by atoms with E-state index >= 15 is 0 Å². The second-order valence-electron chi connectivity index (χ2n) is 6.80. The number of nitrogens with zero attached hydrogens (tertiary/aromatic N) is 4. The van der Waals surface area contributed by atoms with Gasteiger partial charge in [-0.2, -0.15) is 0 Å². The minimum absolute atomic E-state index is 0.176. The standard InChI is InChI=1S/C19H21N5OS2/c1-12-5-7-24(8-6-12)16-10-15(20-11-21-16)23-18(25)17-13(2)22-19(27-17)14-4-3-9-26-14/h3-4,9-12H,5-8H2,1-2H3,(H,20,21,23,25). The average molecular weight is 400 g/mol. The highest BCUT2D eigenvalue weighted by atomic mass is 32.1. The van der Waals surface area contributed by atoms with Gasteiger partial charge in [0.25, 0.3) is 5.91 Å². The third-order valence-corrected chi connectivity index (χ3v) is 6.93. The largest absolute Gasteiger partial charge is 0.356 e. The molecule has 3 aromatic heterocycles. The van der Waals surface area contributed by atoms with Crippen LogP contribution in [0.4, 0.5) is 11.6 Å². The first-order valence-corrected chi connectivity index (χ1v) is 10.7. The molecule has 0 radical (unpaired) electrons. The molecule has 3 aromatic rings. The van der Waals surface area contributed by atoms with Crippen molar-refractivity contribution < 1.29 is 4.79 Å². The maximum atomic E-state index is 12.7. The van der Waals surface area contributed by atoms with Crippen molar-refractivity contribution in [2.24, 2.45) is 5.92 Å². The lowest BCUT2D eigenvalue weighted by molar-refractivity contribution is 0.102. The van der Waals surface area contributed by atoms with Gasteiger partial charge in [-0.1, -0.05) is 13.0 Å². The minimum atomic E-state index is -0.176. The molecule has 1 saturated heterocycles. The number of hydrogen-bond acceptors (Lipinski definition) is 7. The van der Waals surface area contributed by atoms with E-state index in [0.29, 0.717) is 10.7 Å².